The van der Waals surface area contributed by atoms with E-state index in [4.69, 9.17) is 5.84 Å². The predicted octanol–water partition coefficient (Wildman–Crippen LogP) is 1.43. The van der Waals surface area contributed by atoms with Crippen molar-refractivity contribution >= 4 is 21.8 Å². The molecule has 0 spiro atoms. The van der Waals surface area contributed by atoms with Crippen LogP contribution in [0.3, 0.4) is 0 Å². The molecule has 0 amide bonds. The molecule has 0 saturated heterocycles. The quantitative estimate of drug-likeness (QED) is 0.341. The number of nitrogens with one attached hydrogen (secondary N) is 1. The Kier molecular flexibility index (Phi) is 3.39. The highest BCUT2D eigenvalue weighted by Gasteiger charge is 2.07. The number of aliphatic imine (C=N–C) groups is 1. The highest BCUT2D eigenvalue weighted by atomic mass is 79.9. The van der Waals surface area contributed by atoms with Gasteiger partial charge in [0, 0.05) is 11.5 Å². The van der Waals surface area contributed by atoms with E-state index in [9.17, 15) is 4.39 Å². The van der Waals surface area contributed by atoms with Gasteiger partial charge in [-0.25, -0.2) is 10.2 Å². The molecule has 0 aliphatic rings. The second-order valence-electron chi connectivity index (χ2n) is 2.34. The summed E-state index contributed by atoms with van der Waals surface area (Å²) in [5.41, 5.74) is 2.67. The van der Waals surface area contributed by atoms with Crippen molar-refractivity contribution in [1.82, 2.24) is 5.43 Å². The molecule has 3 N–H and O–H groups in total. The van der Waals surface area contributed by atoms with Crippen molar-refractivity contribution in [3.8, 4) is 0 Å². The summed E-state index contributed by atoms with van der Waals surface area (Å²) in [5, 5.41) is 0. The predicted molar refractivity (Wildman–Crippen MR) is 53.9 cm³/mol. The van der Waals surface area contributed by atoms with Gasteiger partial charge in [0.2, 0.25) is 0 Å². The summed E-state index contributed by atoms with van der Waals surface area (Å²) in [6.07, 6.45) is 0. The minimum absolute atomic E-state index is 0.318. The van der Waals surface area contributed by atoms with Crippen molar-refractivity contribution in [2.45, 2.75) is 0 Å². The van der Waals surface area contributed by atoms with Gasteiger partial charge < -0.3 is 5.43 Å². The highest BCUT2D eigenvalue weighted by molar-refractivity contribution is 9.10. The Morgan fingerprint density at radius 3 is 2.85 bits per heavy atom. The monoisotopic (exact) mass is 245 g/mol. The van der Waals surface area contributed by atoms with Crippen LogP contribution < -0.4 is 11.3 Å². The molecule has 0 atom stereocenters. The van der Waals surface area contributed by atoms with Crippen LogP contribution in [-0.4, -0.2) is 12.9 Å². The van der Waals surface area contributed by atoms with Crippen molar-refractivity contribution < 1.29 is 4.39 Å². The summed E-state index contributed by atoms with van der Waals surface area (Å²) in [5.74, 6) is 5.13. The summed E-state index contributed by atoms with van der Waals surface area (Å²) < 4.78 is 14.0. The Balaban J connectivity index is 3.19. The Hall–Kier alpha value is -0.940. The molecule has 1 aromatic rings. The average Bonchev–Trinajstić information content (AvgIpc) is 2.13. The molecule has 0 saturated carbocycles. The van der Waals surface area contributed by atoms with E-state index in [0.29, 0.717) is 11.4 Å². The molecule has 70 valence electrons. The first-order valence-corrected chi connectivity index (χ1v) is 4.37. The van der Waals surface area contributed by atoms with Gasteiger partial charge in [-0.1, -0.05) is 15.9 Å². The van der Waals surface area contributed by atoms with E-state index >= 15 is 0 Å². The number of rotatable bonds is 1. The zero-order valence-electron chi connectivity index (χ0n) is 7.01. The Bertz CT molecular complexity index is 338. The first-order chi connectivity index (χ1) is 6.19. The molecule has 0 aromatic heterocycles. The van der Waals surface area contributed by atoms with Gasteiger partial charge in [-0.2, -0.15) is 0 Å². The lowest BCUT2D eigenvalue weighted by Crippen LogP contribution is -2.31. The number of amidine groups is 1. The summed E-state index contributed by atoms with van der Waals surface area (Å²) in [7, 11) is 1.54. The van der Waals surface area contributed by atoms with E-state index in [1.165, 1.54) is 13.1 Å². The van der Waals surface area contributed by atoms with E-state index < -0.39 is 0 Å². The van der Waals surface area contributed by atoms with Gasteiger partial charge >= 0.3 is 0 Å². The summed E-state index contributed by atoms with van der Waals surface area (Å²) in [4.78, 5) is 3.80. The third kappa shape index (κ3) is 2.26. The first-order valence-electron chi connectivity index (χ1n) is 3.58. The Labute approximate surface area is 83.9 Å². The number of nitrogens with zero attached hydrogens (tertiary/aromatic N) is 1. The van der Waals surface area contributed by atoms with Crippen LogP contribution >= 0.6 is 15.9 Å². The van der Waals surface area contributed by atoms with Crippen LogP contribution in [0.15, 0.2) is 27.7 Å². The third-order valence-corrected chi connectivity index (χ3v) is 2.04. The average molecular weight is 246 g/mol. The first kappa shape index (κ1) is 10.1. The molecule has 0 bridgehead atoms. The molecule has 0 radical (unpaired) electrons. The molecule has 0 aliphatic heterocycles. The molecule has 1 rings (SSSR count). The van der Waals surface area contributed by atoms with E-state index in [1.54, 1.807) is 12.1 Å². The van der Waals surface area contributed by atoms with Crippen LogP contribution in [0.1, 0.15) is 5.56 Å². The van der Waals surface area contributed by atoms with Crippen LogP contribution in [0.4, 0.5) is 4.39 Å². The molecule has 5 heteroatoms. The second kappa shape index (κ2) is 4.34. The number of benzene rings is 1. The zero-order valence-corrected chi connectivity index (χ0v) is 8.60. The van der Waals surface area contributed by atoms with Gasteiger partial charge in [0.15, 0.2) is 0 Å². The van der Waals surface area contributed by atoms with E-state index in [0.717, 1.165) is 4.47 Å². The summed E-state index contributed by atoms with van der Waals surface area (Å²) in [6.45, 7) is 0. The molecule has 13 heavy (non-hydrogen) atoms. The maximum atomic E-state index is 13.2. The fourth-order valence-corrected chi connectivity index (χ4v) is 1.30. The molecule has 1 aromatic carbocycles. The van der Waals surface area contributed by atoms with E-state index in [-0.39, 0.29) is 5.82 Å². The Morgan fingerprint density at radius 2 is 2.31 bits per heavy atom. The van der Waals surface area contributed by atoms with Crippen molar-refractivity contribution in [3.63, 3.8) is 0 Å². The molecule has 0 unspecified atom stereocenters. The van der Waals surface area contributed by atoms with Gasteiger partial charge in [0.1, 0.15) is 11.7 Å². The van der Waals surface area contributed by atoms with Crippen LogP contribution in [0.25, 0.3) is 0 Å². The highest BCUT2D eigenvalue weighted by Crippen LogP contribution is 2.15. The topological polar surface area (TPSA) is 50.4 Å². The van der Waals surface area contributed by atoms with E-state index in [1.807, 2.05) is 0 Å². The fraction of sp³-hybridized carbons (Fsp3) is 0.125. The number of hydrazine groups is 1. The van der Waals surface area contributed by atoms with Crippen LogP contribution in [0.2, 0.25) is 0 Å². The van der Waals surface area contributed by atoms with Crippen LogP contribution in [0, 0.1) is 5.82 Å². The van der Waals surface area contributed by atoms with Crippen molar-refractivity contribution in [1.29, 1.82) is 0 Å². The van der Waals surface area contributed by atoms with Crippen molar-refractivity contribution in [2.24, 2.45) is 10.8 Å². The fourth-order valence-electron chi connectivity index (χ4n) is 0.942. The second-order valence-corrected chi connectivity index (χ2v) is 3.26. The SMILES string of the molecule is CN=C(NN)c1cc(Br)ccc1F. The molecule has 3 nitrogen and oxygen atoms in total. The van der Waals surface area contributed by atoms with Crippen LogP contribution in [0.5, 0.6) is 0 Å². The molecule has 0 fully saturated rings. The lowest BCUT2D eigenvalue weighted by atomic mass is 10.2. The van der Waals surface area contributed by atoms with Gasteiger partial charge in [0.05, 0.1) is 5.56 Å². The maximum absolute atomic E-state index is 13.2. The number of halogens is 2. The normalized spacial score (nSPS) is 11.5. The van der Waals surface area contributed by atoms with Gasteiger partial charge in [-0.05, 0) is 18.2 Å². The third-order valence-electron chi connectivity index (χ3n) is 1.54. The van der Waals surface area contributed by atoms with Gasteiger partial charge in [-0.3, -0.25) is 4.99 Å². The van der Waals surface area contributed by atoms with Crippen molar-refractivity contribution in [3.05, 3.63) is 34.1 Å². The molecular formula is C8H9BrFN3. The van der Waals surface area contributed by atoms with Gasteiger partial charge in [0.25, 0.3) is 0 Å². The smallest absolute Gasteiger partial charge is 0.145 e. The largest absolute Gasteiger partial charge is 0.308 e. The van der Waals surface area contributed by atoms with Crippen LogP contribution in [-0.2, 0) is 0 Å². The standard InChI is InChI=1S/C8H9BrFN3/c1-12-8(13-11)6-4-5(9)2-3-7(6)10/h2-4H,11H2,1H3,(H,12,13). The lowest BCUT2D eigenvalue weighted by Gasteiger charge is -2.05. The summed E-state index contributed by atoms with van der Waals surface area (Å²) in [6, 6.07) is 4.57. The molecular weight excluding hydrogens is 237 g/mol. The minimum Gasteiger partial charge on any atom is -0.308 e. The number of hydrogen-bond acceptors (Lipinski definition) is 2. The zero-order chi connectivity index (χ0) is 9.84. The molecule has 0 aliphatic carbocycles. The molecule has 0 heterocycles. The van der Waals surface area contributed by atoms with Gasteiger partial charge in [-0.15, -0.1) is 0 Å². The number of nitrogens with two attached hydrogens (primary N) is 1. The van der Waals surface area contributed by atoms with Crippen molar-refractivity contribution in [2.75, 3.05) is 7.05 Å². The Morgan fingerprint density at radius 1 is 1.62 bits per heavy atom. The lowest BCUT2D eigenvalue weighted by molar-refractivity contribution is 0.623. The maximum Gasteiger partial charge on any atom is 0.145 e. The number of hydrogen-bond donors (Lipinski definition) is 2. The van der Waals surface area contributed by atoms with E-state index in [2.05, 4.69) is 26.3 Å². The summed E-state index contributed by atoms with van der Waals surface area (Å²) >= 11 is 3.23. The minimum atomic E-state index is -0.359.